The van der Waals surface area contributed by atoms with E-state index in [2.05, 4.69) is 10.3 Å². The summed E-state index contributed by atoms with van der Waals surface area (Å²) in [6, 6.07) is 0. The summed E-state index contributed by atoms with van der Waals surface area (Å²) in [7, 11) is 0. The first-order chi connectivity index (χ1) is 11.9. The summed E-state index contributed by atoms with van der Waals surface area (Å²) < 4.78 is 0. The highest BCUT2D eigenvalue weighted by molar-refractivity contribution is 6.09. The number of amidine groups is 1. The minimum absolute atomic E-state index is 0.00641. The molecule has 2 heterocycles. The Balaban J connectivity index is 1.71. The number of carboxylic acid groups (broad SMARTS) is 1. The van der Waals surface area contributed by atoms with E-state index < -0.39 is 17.4 Å². The zero-order valence-electron chi connectivity index (χ0n) is 14.3. The fourth-order valence-corrected chi connectivity index (χ4v) is 3.87. The van der Waals surface area contributed by atoms with Crippen LogP contribution in [0, 0.1) is 11.8 Å². The number of carbonyl (C=O) groups is 3. The molecule has 2 amide bonds. The zero-order chi connectivity index (χ0) is 18.0. The van der Waals surface area contributed by atoms with Gasteiger partial charge in [-0.05, 0) is 37.8 Å². The zero-order valence-corrected chi connectivity index (χ0v) is 14.3. The van der Waals surface area contributed by atoms with Crippen LogP contribution in [-0.2, 0) is 14.4 Å². The normalized spacial score (nSPS) is 31.3. The molecular weight excluding hydrogens is 322 g/mol. The highest BCUT2D eigenvalue weighted by atomic mass is 16.4. The Labute approximate surface area is 146 Å². The number of fused-ring (bicyclic) bond motifs is 1. The molecule has 7 heteroatoms. The molecule has 3 rings (SSSR count). The Morgan fingerprint density at radius 1 is 1.36 bits per heavy atom. The van der Waals surface area contributed by atoms with Gasteiger partial charge in [-0.1, -0.05) is 18.9 Å². The predicted octanol–water partition coefficient (Wildman–Crippen LogP) is 1.47. The third-order valence-corrected chi connectivity index (χ3v) is 5.35. The van der Waals surface area contributed by atoms with E-state index in [1.165, 1.54) is 0 Å². The van der Waals surface area contributed by atoms with Crippen molar-refractivity contribution in [3.63, 3.8) is 0 Å². The van der Waals surface area contributed by atoms with Gasteiger partial charge < -0.3 is 15.3 Å². The summed E-state index contributed by atoms with van der Waals surface area (Å²) in [6.45, 7) is 2.04. The number of carboxylic acids is 1. The van der Waals surface area contributed by atoms with E-state index in [9.17, 15) is 19.5 Å². The molecule has 3 aliphatic rings. The molecule has 0 aromatic rings. The molecule has 1 fully saturated rings. The molecule has 25 heavy (non-hydrogen) atoms. The van der Waals surface area contributed by atoms with Crippen LogP contribution < -0.4 is 5.32 Å². The predicted molar refractivity (Wildman–Crippen MR) is 91.7 cm³/mol. The van der Waals surface area contributed by atoms with Gasteiger partial charge in [0.1, 0.15) is 11.4 Å². The lowest BCUT2D eigenvalue weighted by Crippen LogP contribution is -2.60. The first-order valence-corrected chi connectivity index (χ1v) is 8.68. The maximum atomic E-state index is 12.9. The summed E-state index contributed by atoms with van der Waals surface area (Å²) in [5.74, 6) is -1.42. The number of carbonyl (C=O) groups excluding carboxylic acids is 2. The van der Waals surface area contributed by atoms with Crippen LogP contribution in [0.15, 0.2) is 29.4 Å². The molecule has 3 atom stereocenters. The molecule has 0 spiro atoms. The van der Waals surface area contributed by atoms with Gasteiger partial charge in [-0.2, -0.15) is 4.99 Å². The van der Waals surface area contributed by atoms with Crippen molar-refractivity contribution in [3.05, 3.63) is 24.4 Å². The first kappa shape index (κ1) is 17.4. The van der Waals surface area contributed by atoms with Crippen molar-refractivity contribution in [1.82, 2.24) is 10.2 Å². The highest BCUT2D eigenvalue weighted by Crippen LogP contribution is 2.31. The van der Waals surface area contributed by atoms with Crippen molar-refractivity contribution < 1.29 is 19.5 Å². The highest BCUT2D eigenvalue weighted by Gasteiger charge is 2.45. The number of aliphatic carboxylic acids is 1. The number of hydrogen-bond donors (Lipinski definition) is 2. The standard InChI is InChI=1S/C18H23N3O4/c1-18(10-15(22)20-14-8-4-5-9-21(14)18)17(25)19-11-12-6-2-3-7-13(12)16(23)24/h4-5,8-9,12-13H,2-3,6-7,10-11H2,1H3,(H,19,25)(H,23,24)/t12-,13-,18?/m0/s1. The summed E-state index contributed by atoms with van der Waals surface area (Å²) in [4.78, 5) is 41.9. The number of aliphatic imine (C=N–C) groups is 1. The maximum Gasteiger partial charge on any atom is 0.306 e. The van der Waals surface area contributed by atoms with Crippen LogP contribution in [0.5, 0.6) is 0 Å². The third-order valence-electron chi connectivity index (χ3n) is 5.35. The fraction of sp³-hybridized carbons (Fsp3) is 0.556. The molecule has 2 N–H and O–H groups in total. The second kappa shape index (κ2) is 6.82. The SMILES string of the molecule is CC1(C(=O)NC[C@@H]2CCCC[C@@H]2C(=O)O)CC(=O)N=C2C=CC=CN21. The van der Waals surface area contributed by atoms with Crippen molar-refractivity contribution in [2.45, 2.75) is 44.6 Å². The van der Waals surface area contributed by atoms with Gasteiger partial charge in [0.15, 0.2) is 0 Å². The summed E-state index contributed by atoms with van der Waals surface area (Å²) in [5.41, 5.74) is -1.05. The maximum absolute atomic E-state index is 12.9. The monoisotopic (exact) mass is 345 g/mol. The molecule has 1 unspecified atom stereocenters. The number of amides is 2. The average Bonchev–Trinajstić information content (AvgIpc) is 2.59. The van der Waals surface area contributed by atoms with E-state index in [1.807, 2.05) is 0 Å². The van der Waals surface area contributed by atoms with Crippen LogP contribution in [0.2, 0.25) is 0 Å². The lowest BCUT2D eigenvalue weighted by Gasteiger charge is -2.42. The van der Waals surface area contributed by atoms with Gasteiger partial charge in [-0.15, -0.1) is 0 Å². The molecule has 0 aromatic heterocycles. The van der Waals surface area contributed by atoms with E-state index in [0.29, 0.717) is 18.8 Å². The molecule has 0 aromatic carbocycles. The minimum Gasteiger partial charge on any atom is -0.481 e. The van der Waals surface area contributed by atoms with E-state index in [0.717, 1.165) is 19.3 Å². The van der Waals surface area contributed by atoms with Gasteiger partial charge >= 0.3 is 5.97 Å². The number of nitrogens with zero attached hydrogens (tertiary/aromatic N) is 2. The van der Waals surface area contributed by atoms with Gasteiger partial charge in [0.25, 0.3) is 5.91 Å². The molecule has 0 radical (unpaired) electrons. The Morgan fingerprint density at radius 3 is 2.88 bits per heavy atom. The lowest BCUT2D eigenvalue weighted by atomic mass is 9.79. The average molecular weight is 345 g/mol. The summed E-state index contributed by atoms with van der Waals surface area (Å²) in [5, 5.41) is 12.3. The number of allylic oxidation sites excluding steroid dienone is 2. The van der Waals surface area contributed by atoms with Gasteiger partial charge in [-0.25, -0.2) is 0 Å². The largest absolute Gasteiger partial charge is 0.481 e. The van der Waals surface area contributed by atoms with Gasteiger partial charge in [0, 0.05) is 12.7 Å². The Hall–Kier alpha value is -2.44. The Kier molecular flexibility index (Phi) is 4.74. The van der Waals surface area contributed by atoms with Crippen molar-refractivity contribution in [1.29, 1.82) is 0 Å². The second-order valence-corrected chi connectivity index (χ2v) is 7.08. The van der Waals surface area contributed by atoms with Gasteiger partial charge in [0.2, 0.25) is 5.91 Å². The van der Waals surface area contributed by atoms with E-state index >= 15 is 0 Å². The van der Waals surface area contributed by atoms with Crippen molar-refractivity contribution in [2.24, 2.45) is 16.8 Å². The Bertz CT molecular complexity index is 682. The number of nitrogens with one attached hydrogen (secondary N) is 1. The number of rotatable bonds is 4. The summed E-state index contributed by atoms with van der Waals surface area (Å²) in [6.07, 6.45) is 10.3. The molecule has 134 valence electrons. The van der Waals surface area contributed by atoms with Crippen molar-refractivity contribution in [3.8, 4) is 0 Å². The van der Waals surface area contributed by atoms with Crippen molar-refractivity contribution >= 4 is 23.6 Å². The number of hydrogen-bond acceptors (Lipinski definition) is 4. The summed E-state index contributed by atoms with van der Waals surface area (Å²) >= 11 is 0. The first-order valence-electron chi connectivity index (χ1n) is 8.68. The van der Waals surface area contributed by atoms with Gasteiger partial charge in [-0.3, -0.25) is 14.4 Å². The molecule has 1 aliphatic carbocycles. The van der Waals surface area contributed by atoms with Crippen LogP contribution in [0.1, 0.15) is 39.0 Å². The topological polar surface area (TPSA) is 99.1 Å². The molecule has 1 saturated carbocycles. The molecule has 0 saturated heterocycles. The van der Waals surface area contributed by atoms with E-state index in [4.69, 9.17) is 0 Å². The van der Waals surface area contributed by atoms with Crippen LogP contribution >= 0.6 is 0 Å². The molecular formula is C18H23N3O4. The van der Waals surface area contributed by atoms with E-state index in [-0.39, 0.29) is 24.2 Å². The molecule has 0 bridgehead atoms. The minimum atomic E-state index is -1.05. The molecule has 7 nitrogen and oxygen atoms in total. The lowest BCUT2D eigenvalue weighted by molar-refractivity contribution is -0.145. The molecule has 2 aliphatic heterocycles. The second-order valence-electron chi connectivity index (χ2n) is 7.08. The van der Waals surface area contributed by atoms with E-state index in [1.54, 1.807) is 36.3 Å². The van der Waals surface area contributed by atoms with Crippen LogP contribution in [0.25, 0.3) is 0 Å². The van der Waals surface area contributed by atoms with Crippen LogP contribution in [0.3, 0.4) is 0 Å². The van der Waals surface area contributed by atoms with Crippen LogP contribution in [0.4, 0.5) is 0 Å². The smallest absolute Gasteiger partial charge is 0.306 e. The third kappa shape index (κ3) is 3.36. The van der Waals surface area contributed by atoms with Crippen molar-refractivity contribution in [2.75, 3.05) is 6.54 Å². The quantitative estimate of drug-likeness (QED) is 0.804. The Morgan fingerprint density at radius 2 is 2.12 bits per heavy atom. The fourth-order valence-electron chi connectivity index (χ4n) is 3.87. The van der Waals surface area contributed by atoms with Crippen LogP contribution in [-0.4, -0.2) is 45.7 Å². The van der Waals surface area contributed by atoms with Gasteiger partial charge in [0.05, 0.1) is 12.3 Å².